The van der Waals surface area contributed by atoms with Gasteiger partial charge in [-0.25, -0.2) is 4.79 Å². The Morgan fingerprint density at radius 1 is 1.14 bits per heavy atom. The summed E-state index contributed by atoms with van der Waals surface area (Å²) < 4.78 is 4.59. The molecule has 0 fully saturated rings. The molecule has 0 bridgehead atoms. The van der Waals surface area contributed by atoms with E-state index in [4.69, 9.17) is 0 Å². The van der Waals surface area contributed by atoms with Gasteiger partial charge in [0.25, 0.3) is 11.6 Å². The smallest absolute Gasteiger partial charge is 0.337 e. The normalized spacial score (nSPS) is 9.86. The summed E-state index contributed by atoms with van der Waals surface area (Å²) in [4.78, 5) is 33.9. The molecule has 2 aromatic carbocycles. The lowest BCUT2D eigenvalue weighted by atomic mass is 10.1. The van der Waals surface area contributed by atoms with Crippen LogP contribution in [0.25, 0.3) is 0 Å². The summed E-state index contributed by atoms with van der Waals surface area (Å²) >= 11 is 0. The molecule has 0 atom stereocenters. The summed E-state index contributed by atoms with van der Waals surface area (Å²) in [6.07, 6.45) is 0. The highest BCUT2D eigenvalue weighted by molar-refractivity contribution is 6.07. The van der Waals surface area contributed by atoms with Crippen LogP contribution in [0.4, 0.5) is 11.4 Å². The maximum absolute atomic E-state index is 12.2. The Morgan fingerprint density at radius 3 is 2.55 bits per heavy atom. The minimum Gasteiger partial charge on any atom is -0.465 e. The number of nitrogens with zero attached hydrogens (tertiary/aromatic N) is 1. The van der Waals surface area contributed by atoms with Gasteiger partial charge in [0.1, 0.15) is 5.56 Å². The Kier molecular flexibility index (Phi) is 4.47. The average molecular weight is 300 g/mol. The molecular weight excluding hydrogens is 288 g/mol. The van der Waals surface area contributed by atoms with Crippen LogP contribution in [0.3, 0.4) is 0 Å². The Bertz CT molecular complexity index is 742. The number of benzene rings is 2. The van der Waals surface area contributed by atoms with Gasteiger partial charge in [-0.2, -0.15) is 0 Å². The molecule has 0 aliphatic carbocycles. The molecule has 1 amide bonds. The third kappa shape index (κ3) is 3.26. The van der Waals surface area contributed by atoms with E-state index in [-0.39, 0.29) is 16.8 Å². The van der Waals surface area contributed by atoms with E-state index in [9.17, 15) is 19.7 Å². The summed E-state index contributed by atoms with van der Waals surface area (Å²) in [7, 11) is 1.25. The number of para-hydroxylation sites is 1. The van der Waals surface area contributed by atoms with Crippen LogP contribution in [-0.2, 0) is 4.74 Å². The number of rotatable bonds is 4. The second kappa shape index (κ2) is 6.49. The molecule has 7 heteroatoms. The highest BCUT2D eigenvalue weighted by Crippen LogP contribution is 2.20. The van der Waals surface area contributed by atoms with Crippen molar-refractivity contribution in [2.45, 2.75) is 0 Å². The standard InChI is InChI=1S/C15H12N2O5/c1-22-15(19)10-5-4-6-11(9-10)16-14(18)12-7-2-3-8-13(12)17(20)21/h2-9H,1H3,(H,16,18). The number of carbonyl (C=O) groups is 2. The zero-order valence-electron chi connectivity index (χ0n) is 11.6. The molecule has 0 saturated heterocycles. The Morgan fingerprint density at radius 2 is 1.86 bits per heavy atom. The van der Waals surface area contributed by atoms with Crippen LogP contribution < -0.4 is 5.32 Å². The molecule has 2 aromatic rings. The van der Waals surface area contributed by atoms with Gasteiger partial charge in [0.2, 0.25) is 0 Å². The zero-order chi connectivity index (χ0) is 16.1. The van der Waals surface area contributed by atoms with E-state index in [1.165, 1.54) is 43.5 Å². The van der Waals surface area contributed by atoms with Crippen molar-refractivity contribution in [3.8, 4) is 0 Å². The fourth-order valence-electron chi connectivity index (χ4n) is 1.87. The first-order valence-electron chi connectivity index (χ1n) is 6.26. The minimum atomic E-state index is -0.630. The van der Waals surface area contributed by atoms with E-state index in [0.717, 1.165) is 0 Å². The Labute approximate surface area is 125 Å². The van der Waals surface area contributed by atoms with Crippen molar-refractivity contribution in [1.29, 1.82) is 0 Å². The number of nitrogens with one attached hydrogen (secondary N) is 1. The van der Waals surface area contributed by atoms with Crippen LogP contribution in [0.15, 0.2) is 48.5 Å². The number of carbonyl (C=O) groups excluding carboxylic acids is 2. The third-order valence-electron chi connectivity index (χ3n) is 2.89. The molecule has 22 heavy (non-hydrogen) atoms. The zero-order valence-corrected chi connectivity index (χ0v) is 11.6. The maximum atomic E-state index is 12.2. The number of nitro groups is 1. The maximum Gasteiger partial charge on any atom is 0.337 e. The second-order valence-corrected chi connectivity index (χ2v) is 4.30. The van der Waals surface area contributed by atoms with Gasteiger partial charge in [-0.15, -0.1) is 0 Å². The number of ether oxygens (including phenoxy) is 1. The molecule has 0 aromatic heterocycles. The summed E-state index contributed by atoms with van der Waals surface area (Å²) in [5, 5.41) is 13.4. The van der Waals surface area contributed by atoms with E-state index >= 15 is 0 Å². The second-order valence-electron chi connectivity index (χ2n) is 4.30. The molecule has 1 N–H and O–H groups in total. The number of esters is 1. The summed E-state index contributed by atoms with van der Waals surface area (Å²) in [5.41, 5.74) is 0.258. The number of hydrogen-bond acceptors (Lipinski definition) is 5. The number of methoxy groups -OCH3 is 1. The van der Waals surface area contributed by atoms with Crippen LogP contribution >= 0.6 is 0 Å². The molecule has 0 heterocycles. The highest BCUT2D eigenvalue weighted by atomic mass is 16.6. The lowest BCUT2D eigenvalue weighted by Crippen LogP contribution is -2.14. The molecular formula is C15H12N2O5. The van der Waals surface area contributed by atoms with Crippen molar-refractivity contribution in [1.82, 2.24) is 0 Å². The molecule has 0 aliphatic rings. The lowest BCUT2D eigenvalue weighted by molar-refractivity contribution is -0.385. The van der Waals surface area contributed by atoms with Crippen LogP contribution in [0.2, 0.25) is 0 Å². The molecule has 2 rings (SSSR count). The predicted molar refractivity (Wildman–Crippen MR) is 78.8 cm³/mol. The molecule has 0 saturated carbocycles. The van der Waals surface area contributed by atoms with Crippen LogP contribution in [0.1, 0.15) is 20.7 Å². The van der Waals surface area contributed by atoms with Crippen molar-refractivity contribution >= 4 is 23.3 Å². The van der Waals surface area contributed by atoms with Crippen LogP contribution in [0.5, 0.6) is 0 Å². The van der Waals surface area contributed by atoms with E-state index in [1.807, 2.05) is 0 Å². The van der Waals surface area contributed by atoms with E-state index in [0.29, 0.717) is 5.69 Å². The molecule has 7 nitrogen and oxygen atoms in total. The number of nitro benzene ring substituents is 1. The molecule has 0 unspecified atom stereocenters. The summed E-state index contributed by atoms with van der Waals surface area (Å²) in [6.45, 7) is 0. The van der Waals surface area contributed by atoms with E-state index < -0.39 is 16.8 Å². The fraction of sp³-hybridized carbons (Fsp3) is 0.0667. The molecule has 0 radical (unpaired) electrons. The first-order valence-corrected chi connectivity index (χ1v) is 6.26. The van der Waals surface area contributed by atoms with Gasteiger partial charge < -0.3 is 10.1 Å². The SMILES string of the molecule is COC(=O)c1cccc(NC(=O)c2ccccc2[N+](=O)[O-])c1. The Balaban J connectivity index is 2.26. The quantitative estimate of drug-likeness (QED) is 0.531. The van der Waals surface area contributed by atoms with Gasteiger partial charge in [-0.3, -0.25) is 14.9 Å². The van der Waals surface area contributed by atoms with Gasteiger partial charge in [0.05, 0.1) is 17.6 Å². The minimum absolute atomic E-state index is 0.0593. The number of anilines is 1. The van der Waals surface area contributed by atoms with Gasteiger partial charge in [0, 0.05) is 11.8 Å². The van der Waals surface area contributed by atoms with Gasteiger partial charge in [-0.1, -0.05) is 18.2 Å². The molecule has 112 valence electrons. The molecule has 0 aliphatic heterocycles. The van der Waals surface area contributed by atoms with Crippen molar-refractivity contribution in [3.63, 3.8) is 0 Å². The lowest BCUT2D eigenvalue weighted by Gasteiger charge is -2.07. The predicted octanol–water partition coefficient (Wildman–Crippen LogP) is 2.63. The van der Waals surface area contributed by atoms with E-state index in [2.05, 4.69) is 10.1 Å². The summed E-state index contributed by atoms with van der Waals surface area (Å²) in [6, 6.07) is 11.7. The number of amides is 1. The van der Waals surface area contributed by atoms with Crippen LogP contribution in [0, 0.1) is 10.1 Å². The average Bonchev–Trinajstić information content (AvgIpc) is 2.54. The Hall–Kier alpha value is -3.22. The van der Waals surface area contributed by atoms with Gasteiger partial charge in [-0.05, 0) is 24.3 Å². The van der Waals surface area contributed by atoms with Crippen molar-refractivity contribution in [2.75, 3.05) is 12.4 Å². The van der Waals surface area contributed by atoms with Crippen molar-refractivity contribution in [3.05, 3.63) is 69.8 Å². The first kappa shape index (κ1) is 15.2. The number of hydrogen-bond donors (Lipinski definition) is 1. The third-order valence-corrected chi connectivity index (χ3v) is 2.89. The summed E-state index contributed by atoms with van der Waals surface area (Å²) in [5.74, 6) is -1.17. The topological polar surface area (TPSA) is 98.5 Å². The van der Waals surface area contributed by atoms with Crippen LogP contribution in [-0.4, -0.2) is 23.9 Å². The van der Waals surface area contributed by atoms with E-state index in [1.54, 1.807) is 12.1 Å². The fourth-order valence-corrected chi connectivity index (χ4v) is 1.87. The van der Waals surface area contributed by atoms with Gasteiger partial charge in [0.15, 0.2) is 0 Å². The molecule has 0 spiro atoms. The highest BCUT2D eigenvalue weighted by Gasteiger charge is 2.19. The largest absolute Gasteiger partial charge is 0.465 e. The monoisotopic (exact) mass is 300 g/mol. The van der Waals surface area contributed by atoms with Gasteiger partial charge >= 0.3 is 5.97 Å². The first-order chi connectivity index (χ1) is 10.5. The van der Waals surface area contributed by atoms with Crippen molar-refractivity contribution < 1.29 is 19.2 Å². The van der Waals surface area contributed by atoms with Crippen molar-refractivity contribution in [2.24, 2.45) is 0 Å².